The number of hydrogen-bond acceptors (Lipinski definition) is 6. The quantitative estimate of drug-likeness (QED) is 0.513. The van der Waals surface area contributed by atoms with E-state index in [9.17, 15) is 23.6 Å². The second-order valence-electron chi connectivity index (χ2n) is 9.24. The maximum atomic E-state index is 13.9. The number of carbonyl (C=O) groups excluding carboxylic acids is 3. The fraction of sp³-hybridized carbons (Fsp3) is 0.346. The topological polar surface area (TPSA) is 123 Å². The van der Waals surface area contributed by atoms with Crippen molar-refractivity contribution in [3.05, 3.63) is 70.0 Å². The lowest BCUT2D eigenvalue weighted by molar-refractivity contribution is -0.122. The molecule has 2 aromatic carbocycles. The Labute approximate surface area is 211 Å². The molecule has 192 valence electrons. The summed E-state index contributed by atoms with van der Waals surface area (Å²) in [7, 11) is 1.60. The van der Waals surface area contributed by atoms with Crippen molar-refractivity contribution in [2.75, 3.05) is 19.7 Å². The van der Waals surface area contributed by atoms with Crippen LogP contribution in [-0.4, -0.2) is 64.0 Å². The molecular formula is C26H26FN5O5. The molecule has 2 aliphatic rings. The number of benzene rings is 2. The molecule has 3 amide bonds. The molecule has 5 rings (SSSR count). The van der Waals surface area contributed by atoms with Crippen molar-refractivity contribution in [2.24, 2.45) is 7.05 Å². The van der Waals surface area contributed by atoms with Gasteiger partial charge in [0.05, 0.1) is 29.3 Å². The van der Waals surface area contributed by atoms with Crippen LogP contribution >= 0.6 is 0 Å². The highest BCUT2D eigenvalue weighted by atomic mass is 19.1. The molecule has 2 atom stereocenters. The van der Waals surface area contributed by atoms with Gasteiger partial charge in [0.1, 0.15) is 18.2 Å². The molecule has 0 radical (unpaired) electrons. The summed E-state index contributed by atoms with van der Waals surface area (Å²) in [5.74, 6) is -1.43. The molecule has 0 saturated carbocycles. The number of amides is 3. The Bertz CT molecular complexity index is 1460. The van der Waals surface area contributed by atoms with Gasteiger partial charge in [-0.05, 0) is 49.2 Å². The summed E-state index contributed by atoms with van der Waals surface area (Å²) in [5, 5.41) is 5.98. The first kappa shape index (κ1) is 24.4. The van der Waals surface area contributed by atoms with Crippen molar-refractivity contribution in [3.8, 4) is 5.75 Å². The lowest BCUT2D eigenvalue weighted by Gasteiger charge is -2.31. The Morgan fingerprint density at radius 3 is 2.73 bits per heavy atom. The summed E-state index contributed by atoms with van der Waals surface area (Å²) in [6.45, 7) is 0.398. The highest BCUT2D eigenvalue weighted by Crippen LogP contribution is 2.29. The Balaban J connectivity index is 1.46. The Morgan fingerprint density at radius 2 is 1.89 bits per heavy atom. The van der Waals surface area contributed by atoms with E-state index in [1.165, 1.54) is 23.0 Å². The van der Waals surface area contributed by atoms with Gasteiger partial charge < -0.3 is 24.8 Å². The second kappa shape index (κ2) is 10.00. The molecule has 0 spiro atoms. The predicted octanol–water partition coefficient (Wildman–Crippen LogP) is 1.37. The van der Waals surface area contributed by atoms with Crippen LogP contribution in [0.15, 0.2) is 47.5 Å². The van der Waals surface area contributed by atoms with Gasteiger partial charge in [0.25, 0.3) is 17.4 Å². The van der Waals surface area contributed by atoms with Gasteiger partial charge in [0.15, 0.2) is 0 Å². The lowest BCUT2D eigenvalue weighted by Crippen LogP contribution is -2.48. The molecule has 1 aromatic heterocycles. The van der Waals surface area contributed by atoms with Crippen LogP contribution in [0.4, 0.5) is 4.39 Å². The Hall–Kier alpha value is -4.28. The minimum absolute atomic E-state index is 0.0398. The number of halogens is 1. The third-order valence-electron chi connectivity index (χ3n) is 6.81. The summed E-state index contributed by atoms with van der Waals surface area (Å²) < 4.78 is 20.9. The van der Waals surface area contributed by atoms with E-state index in [-0.39, 0.29) is 66.9 Å². The number of ether oxygens (including phenoxy) is 1. The summed E-state index contributed by atoms with van der Waals surface area (Å²) in [6.07, 6.45) is 2.65. The molecule has 0 unspecified atom stereocenters. The molecule has 11 heteroatoms. The van der Waals surface area contributed by atoms with Crippen LogP contribution in [0.5, 0.6) is 5.75 Å². The van der Waals surface area contributed by atoms with Crippen molar-refractivity contribution in [1.29, 1.82) is 0 Å². The third kappa shape index (κ3) is 4.89. The van der Waals surface area contributed by atoms with E-state index in [2.05, 4.69) is 15.6 Å². The van der Waals surface area contributed by atoms with Gasteiger partial charge in [-0.3, -0.25) is 19.2 Å². The van der Waals surface area contributed by atoms with Crippen LogP contribution in [-0.2, 0) is 11.8 Å². The number of rotatable bonds is 1. The number of hydrogen-bond donors (Lipinski definition) is 2. The maximum Gasteiger partial charge on any atom is 0.260 e. The third-order valence-corrected chi connectivity index (χ3v) is 6.81. The van der Waals surface area contributed by atoms with Crippen LogP contribution < -0.4 is 20.9 Å². The van der Waals surface area contributed by atoms with Gasteiger partial charge in [-0.1, -0.05) is 0 Å². The van der Waals surface area contributed by atoms with Crippen LogP contribution in [0.2, 0.25) is 0 Å². The fourth-order valence-corrected chi connectivity index (χ4v) is 4.94. The molecule has 2 bridgehead atoms. The zero-order chi connectivity index (χ0) is 26.1. The number of carbonyl (C=O) groups is 3. The van der Waals surface area contributed by atoms with E-state index < -0.39 is 11.7 Å². The first-order valence-electron chi connectivity index (χ1n) is 12.1. The average molecular weight is 508 g/mol. The normalized spacial score (nSPS) is 20.4. The first-order chi connectivity index (χ1) is 17.8. The maximum absolute atomic E-state index is 13.9. The smallest absolute Gasteiger partial charge is 0.260 e. The van der Waals surface area contributed by atoms with E-state index in [0.29, 0.717) is 29.3 Å². The molecule has 37 heavy (non-hydrogen) atoms. The monoisotopic (exact) mass is 507 g/mol. The van der Waals surface area contributed by atoms with Crippen LogP contribution in [0.25, 0.3) is 10.9 Å². The molecule has 2 aliphatic heterocycles. The molecule has 2 N–H and O–H groups in total. The van der Waals surface area contributed by atoms with Crippen molar-refractivity contribution >= 4 is 28.6 Å². The fourth-order valence-electron chi connectivity index (χ4n) is 4.94. The minimum atomic E-state index is -0.579. The summed E-state index contributed by atoms with van der Waals surface area (Å²) >= 11 is 0. The largest absolute Gasteiger partial charge is 0.491 e. The molecule has 1 fully saturated rings. The van der Waals surface area contributed by atoms with Gasteiger partial charge in [0.2, 0.25) is 5.91 Å². The van der Waals surface area contributed by atoms with Gasteiger partial charge >= 0.3 is 0 Å². The number of nitrogens with one attached hydrogen (secondary N) is 2. The van der Waals surface area contributed by atoms with Gasteiger partial charge in [-0.25, -0.2) is 9.37 Å². The van der Waals surface area contributed by atoms with Gasteiger partial charge in [0, 0.05) is 37.7 Å². The number of aryl methyl sites for hydroxylation is 1. The summed E-state index contributed by atoms with van der Waals surface area (Å²) in [6, 6.07) is 7.63. The first-order valence-corrected chi connectivity index (χ1v) is 12.1. The Morgan fingerprint density at radius 1 is 1.08 bits per heavy atom. The lowest BCUT2D eigenvalue weighted by atomic mass is 10.1. The summed E-state index contributed by atoms with van der Waals surface area (Å²) in [5.41, 5.74) is 0.548. The number of fused-ring (bicyclic) bond motifs is 4. The molecule has 0 aliphatic carbocycles. The number of aromatic nitrogens is 2. The van der Waals surface area contributed by atoms with Gasteiger partial charge in [-0.2, -0.15) is 0 Å². The van der Waals surface area contributed by atoms with E-state index in [1.807, 2.05) is 0 Å². The second-order valence-corrected chi connectivity index (χ2v) is 9.24. The molecular weight excluding hydrogens is 481 g/mol. The van der Waals surface area contributed by atoms with E-state index >= 15 is 0 Å². The van der Waals surface area contributed by atoms with E-state index in [1.54, 1.807) is 30.1 Å². The number of nitrogens with zero attached hydrogens (tertiary/aromatic N) is 3. The molecule has 1 saturated heterocycles. The Kier molecular flexibility index (Phi) is 6.60. The van der Waals surface area contributed by atoms with E-state index in [0.717, 1.165) is 6.07 Å². The van der Waals surface area contributed by atoms with Crippen molar-refractivity contribution in [1.82, 2.24) is 25.1 Å². The molecule has 3 heterocycles. The van der Waals surface area contributed by atoms with Crippen LogP contribution in [0.1, 0.15) is 40.0 Å². The minimum Gasteiger partial charge on any atom is -0.491 e. The molecule has 3 aromatic rings. The van der Waals surface area contributed by atoms with Crippen molar-refractivity contribution < 1.29 is 23.5 Å². The van der Waals surface area contributed by atoms with Gasteiger partial charge in [-0.15, -0.1) is 0 Å². The van der Waals surface area contributed by atoms with Crippen LogP contribution in [0.3, 0.4) is 0 Å². The zero-order valence-electron chi connectivity index (χ0n) is 20.2. The van der Waals surface area contributed by atoms with Crippen molar-refractivity contribution in [2.45, 2.75) is 31.3 Å². The SMILES string of the molecule is Cn1cnc2cc(C(=O)N3[C@@H]4CC[C@H]3CC(=O)NCCOc3ccc(F)cc3C(=O)NC4)ccc2c1=O. The standard InChI is InChI=1S/C26H26FN5O5/c1-31-14-30-21-10-15(2-6-19(21)26(31)36)25(35)32-17-4-5-18(32)13-29-24(34)20-11-16(27)3-7-22(20)37-9-8-28-23(33)12-17/h2-3,6-7,10-11,14,17-18H,4-5,8-9,12-13H2,1H3,(H,28,33)(H,29,34)/t17-,18+/m0/s1. The highest BCUT2D eigenvalue weighted by molar-refractivity contribution is 5.99. The summed E-state index contributed by atoms with van der Waals surface area (Å²) in [4.78, 5) is 57.6. The van der Waals surface area contributed by atoms with E-state index in [4.69, 9.17) is 4.74 Å². The zero-order valence-corrected chi connectivity index (χ0v) is 20.2. The average Bonchev–Trinajstić information content (AvgIpc) is 3.28. The van der Waals surface area contributed by atoms with Crippen molar-refractivity contribution in [3.63, 3.8) is 0 Å². The highest BCUT2D eigenvalue weighted by Gasteiger charge is 2.38. The predicted molar refractivity (Wildman–Crippen MR) is 132 cm³/mol. The molecule has 10 nitrogen and oxygen atoms in total. The van der Waals surface area contributed by atoms with Crippen LogP contribution in [0, 0.1) is 5.82 Å².